The van der Waals surface area contributed by atoms with E-state index in [1.54, 1.807) is 0 Å². The summed E-state index contributed by atoms with van der Waals surface area (Å²) in [6.45, 7) is 3.16. The summed E-state index contributed by atoms with van der Waals surface area (Å²) in [7, 11) is 1.43. The lowest BCUT2D eigenvalue weighted by Gasteiger charge is -2.36. The molecule has 2 atom stereocenters. The molecular weight excluding hydrogens is 458 g/mol. The fourth-order valence-electron chi connectivity index (χ4n) is 5.37. The Morgan fingerprint density at radius 3 is 2.57 bits per heavy atom. The first-order chi connectivity index (χ1) is 18.1. The molecule has 0 aromatic heterocycles. The molecule has 0 bridgehead atoms. The van der Waals surface area contributed by atoms with Crippen molar-refractivity contribution in [2.75, 3.05) is 18.6 Å². The van der Waals surface area contributed by atoms with Crippen LogP contribution in [0.2, 0.25) is 0 Å². The summed E-state index contributed by atoms with van der Waals surface area (Å²) >= 11 is 0. The van der Waals surface area contributed by atoms with E-state index in [-0.39, 0.29) is 12.1 Å². The Balaban J connectivity index is 1.24. The zero-order valence-electron chi connectivity index (χ0n) is 21.7. The zero-order chi connectivity index (χ0) is 25.6. The van der Waals surface area contributed by atoms with E-state index in [1.807, 2.05) is 6.07 Å². The van der Waals surface area contributed by atoms with Crippen LogP contribution in [0.1, 0.15) is 49.7 Å². The Bertz CT molecular complexity index is 1340. The Morgan fingerprint density at radius 2 is 1.73 bits per heavy atom. The Morgan fingerprint density at radius 1 is 0.973 bits per heavy atom. The average Bonchev–Trinajstić information content (AvgIpc) is 2.95. The maximum Gasteiger partial charge on any atom is 0.305 e. The average molecular weight is 494 g/mol. The summed E-state index contributed by atoms with van der Waals surface area (Å²) < 4.78 is 11.2. The lowest BCUT2D eigenvalue weighted by atomic mass is 9.90. The number of methoxy groups -OCH3 is 1. The van der Waals surface area contributed by atoms with Crippen molar-refractivity contribution in [2.24, 2.45) is 0 Å². The molecule has 0 fully saturated rings. The second-order valence-corrected chi connectivity index (χ2v) is 9.96. The minimum atomic E-state index is -0.177. The third-order valence-electron chi connectivity index (χ3n) is 7.45. The molecule has 1 unspecified atom stereocenters. The van der Waals surface area contributed by atoms with E-state index in [1.165, 1.54) is 23.4 Å². The molecule has 0 spiro atoms. The summed E-state index contributed by atoms with van der Waals surface area (Å²) in [4.78, 5) is 13.9. The number of para-hydroxylation sites is 2. The fourth-order valence-corrected chi connectivity index (χ4v) is 5.37. The SMILES string of the molecule is COC(=O)CCc1ccc(N2CC(CCC[C@H](C)c3cccc4ccccc34)Oc3ccccc32)cc1. The number of aryl methyl sites for hydroxylation is 1. The van der Waals surface area contributed by atoms with Gasteiger partial charge in [0.1, 0.15) is 11.9 Å². The van der Waals surface area contributed by atoms with Crippen LogP contribution in [0.15, 0.2) is 91.0 Å². The number of esters is 1. The molecule has 1 aliphatic rings. The van der Waals surface area contributed by atoms with Crippen LogP contribution in [-0.4, -0.2) is 25.7 Å². The second-order valence-electron chi connectivity index (χ2n) is 9.96. The second kappa shape index (κ2) is 11.5. The van der Waals surface area contributed by atoms with Gasteiger partial charge in [0.2, 0.25) is 0 Å². The van der Waals surface area contributed by atoms with Crippen LogP contribution in [0.4, 0.5) is 11.4 Å². The molecule has 0 saturated carbocycles. The number of rotatable bonds is 9. The maximum absolute atomic E-state index is 11.5. The lowest BCUT2D eigenvalue weighted by Crippen LogP contribution is -2.37. The van der Waals surface area contributed by atoms with Crippen molar-refractivity contribution in [3.05, 3.63) is 102 Å². The monoisotopic (exact) mass is 493 g/mol. The quantitative estimate of drug-likeness (QED) is 0.223. The Hall–Kier alpha value is -3.79. The van der Waals surface area contributed by atoms with E-state index in [2.05, 4.69) is 96.8 Å². The van der Waals surface area contributed by atoms with Gasteiger partial charge in [-0.05, 0) is 77.8 Å². The van der Waals surface area contributed by atoms with Crippen LogP contribution in [0.25, 0.3) is 10.8 Å². The molecule has 4 aromatic carbocycles. The van der Waals surface area contributed by atoms with Gasteiger partial charge in [-0.25, -0.2) is 0 Å². The Kier molecular flexibility index (Phi) is 7.74. The highest BCUT2D eigenvalue weighted by Crippen LogP contribution is 2.39. The van der Waals surface area contributed by atoms with Gasteiger partial charge in [0.25, 0.3) is 0 Å². The fraction of sp³-hybridized carbons (Fsp3) is 0.303. The third-order valence-corrected chi connectivity index (χ3v) is 7.45. The first kappa shape index (κ1) is 24.9. The third kappa shape index (κ3) is 5.80. The van der Waals surface area contributed by atoms with Crippen LogP contribution < -0.4 is 9.64 Å². The number of carbonyl (C=O) groups is 1. The van der Waals surface area contributed by atoms with Crippen molar-refractivity contribution in [1.29, 1.82) is 0 Å². The highest BCUT2D eigenvalue weighted by molar-refractivity contribution is 5.86. The minimum Gasteiger partial charge on any atom is -0.486 e. The summed E-state index contributed by atoms with van der Waals surface area (Å²) in [5, 5.41) is 2.67. The standard InChI is InChI=1S/C33H35NO3/c1-24(29-14-8-11-26-10-3-4-13-30(26)29)9-7-12-28-23-34(31-15-5-6-16-32(31)37-28)27-20-17-25(18-21-27)19-22-33(35)36-2/h3-6,8,10-11,13-18,20-21,24,28H,7,9,12,19,22-23H2,1-2H3/t24-,28?/m0/s1. The van der Waals surface area contributed by atoms with Gasteiger partial charge < -0.3 is 14.4 Å². The number of benzene rings is 4. The van der Waals surface area contributed by atoms with E-state index in [0.29, 0.717) is 18.8 Å². The molecule has 0 saturated heterocycles. The molecule has 0 N–H and O–H groups in total. The molecular formula is C33H35NO3. The van der Waals surface area contributed by atoms with Gasteiger partial charge in [0.15, 0.2) is 0 Å². The van der Waals surface area contributed by atoms with E-state index in [9.17, 15) is 4.79 Å². The molecule has 0 amide bonds. The molecule has 1 aliphatic heterocycles. The number of carbonyl (C=O) groups excluding carboxylic acids is 1. The highest BCUT2D eigenvalue weighted by Gasteiger charge is 2.26. The zero-order valence-corrected chi connectivity index (χ0v) is 21.7. The molecule has 1 heterocycles. The first-order valence-corrected chi connectivity index (χ1v) is 13.3. The number of fused-ring (bicyclic) bond motifs is 2. The largest absolute Gasteiger partial charge is 0.486 e. The number of ether oxygens (including phenoxy) is 2. The normalized spacial score (nSPS) is 15.6. The van der Waals surface area contributed by atoms with Crippen molar-refractivity contribution in [2.45, 2.75) is 51.0 Å². The predicted molar refractivity (Wildman–Crippen MR) is 151 cm³/mol. The van der Waals surface area contributed by atoms with Gasteiger partial charge in [0.05, 0.1) is 19.3 Å². The van der Waals surface area contributed by atoms with Crippen molar-refractivity contribution in [3.8, 4) is 5.75 Å². The minimum absolute atomic E-state index is 0.133. The summed E-state index contributed by atoms with van der Waals surface area (Å²) in [5.41, 5.74) is 4.81. The van der Waals surface area contributed by atoms with Gasteiger partial charge in [-0.3, -0.25) is 4.79 Å². The molecule has 5 rings (SSSR count). The number of hydrogen-bond donors (Lipinski definition) is 0. The van der Waals surface area contributed by atoms with Crippen molar-refractivity contribution in [1.82, 2.24) is 0 Å². The van der Waals surface area contributed by atoms with Crippen molar-refractivity contribution >= 4 is 28.1 Å². The number of nitrogens with zero attached hydrogens (tertiary/aromatic N) is 1. The van der Waals surface area contributed by atoms with E-state index < -0.39 is 0 Å². The number of anilines is 2. The lowest BCUT2D eigenvalue weighted by molar-refractivity contribution is -0.140. The molecule has 4 nitrogen and oxygen atoms in total. The van der Waals surface area contributed by atoms with E-state index in [4.69, 9.17) is 9.47 Å². The molecule has 37 heavy (non-hydrogen) atoms. The van der Waals surface area contributed by atoms with Gasteiger partial charge >= 0.3 is 5.97 Å². The molecule has 0 radical (unpaired) electrons. The predicted octanol–water partition coefficient (Wildman–Crippen LogP) is 7.82. The molecule has 4 heteroatoms. The van der Waals surface area contributed by atoms with Crippen LogP contribution in [0.3, 0.4) is 0 Å². The maximum atomic E-state index is 11.5. The van der Waals surface area contributed by atoms with Crippen LogP contribution in [-0.2, 0) is 16.0 Å². The number of hydrogen-bond acceptors (Lipinski definition) is 4. The van der Waals surface area contributed by atoms with Gasteiger partial charge in [-0.2, -0.15) is 0 Å². The van der Waals surface area contributed by atoms with Crippen LogP contribution >= 0.6 is 0 Å². The molecule has 0 aliphatic carbocycles. The smallest absolute Gasteiger partial charge is 0.305 e. The van der Waals surface area contributed by atoms with Gasteiger partial charge in [-0.1, -0.05) is 73.7 Å². The van der Waals surface area contributed by atoms with E-state index in [0.717, 1.165) is 48.5 Å². The Labute approximate surface area is 219 Å². The summed E-state index contributed by atoms with van der Waals surface area (Å²) in [6, 6.07) is 32.1. The summed E-state index contributed by atoms with van der Waals surface area (Å²) in [5.74, 6) is 1.26. The van der Waals surface area contributed by atoms with Crippen LogP contribution in [0, 0.1) is 0 Å². The van der Waals surface area contributed by atoms with Gasteiger partial charge in [0, 0.05) is 12.1 Å². The first-order valence-electron chi connectivity index (χ1n) is 13.3. The summed E-state index contributed by atoms with van der Waals surface area (Å²) in [6.07, 6.45) is 4.47. The van der Waals surface area contributed by atoms with Crippen molar-refractivity contribution in [3.63, 3.8) is 0 Å². The molecule has 190 valence electrons. The molecule has 4 aromatic rings. The highest BCUT2D eigenvalue weighted by atomic mass is 16.5. The van der Waals surface area contributed by atoms with E-state index >= 15 is 0 Å². The van der Waals surface area contributed by atoms with Crippen molar-refractivity contribution < 1.29 is 14.3 Å². The van der Waals surface area contributed by atoms with Gasteiger partial charge in [-0.15, -0.1) is 0 Å². The topological polar surface area (TPSA) is 38.8 Å². The van der Waals surface area contributed by atoms with Crippen LogP contribution in [0.5, 0.6) is 5.75 Å².